The van der Waals surface area contributed by atoms with E-state index in [1.165, 1.54) is 32.4 Å². The number of nitrogens with one attached hydrogen (secondary N) is 1. The van der Waals surface area contributed by atoms with Gasteiger partial charge in [0.15, 0.2) is 0 Å². The third-order valence-corrected chi connectivity index (χ3v) is 3.93. The average Bonchev–Trinajstić information content (AvgIpc) is 2.88. The fourth-order valence-corrected chi connectivity index (χ4v) is 2.72. The van der Waals surface area contributed by atoms with Crippen LogP contribution in [0.4, 0.5) is 15.8 Å². The maximum atomic E-state index is 13.9. The van der Waals surface area contributed by atoms with Crippen molar-refractivity contribution in [2.75, 3.05) is 24.4 Å². The van der Waals surface area contributed by atoms with Crippen molar-refractivity contribution in [3.8, 4) is 11.5 Å². The normalized spacial score (nSPS) is 16.9. The molecule has 0 aromatic heterocycles. The number of carbonyl (C=O) groups excluding carboxylic acids is 2. The SMILES string of the molecule is COc1cc(N[C@@H]2CC(=O)N(c3ccccc3F)C2=O)cc(OC)c1. The van der Waals surface area contributed by atoms with E-state index < -0.39 is 23.7 Å². The van der Waals surface area contributed by atoms with E-state index in [1.54, 1.807) is 24.3 Å². The van der Waals surface area contributed by atoms with Gasteiger partial charge in [-0.05, 0) is 12.1 Å². The highest BCUT2D eigenvalue weighted by Crippen LogP contribution is 2.30. The molecule has 0 saturated carbocycles. The Hall–Kier alpha value is -3.09. The molecule has 0 bridgehead atoms. The fraction of sp³-hybridized carbons (Fsp3) is 0.222. The molecule has 1 aliphatic rings. The quantitative estimate of drug-likeness (QED) is 0.845. The van der Waals surface area contributed by atoms with Gasteiger partial charge < -0.3 is 14.8 Å². The minimum atomic E-state index is -0.788. The Labute approximate surface area is 144 Å². The Morgan fingerprint density at radius 2 is 1.72 bits per heavy atom. The molecule has 6 nitrogen and oxygen atoms in total. The number of hydrogen-bond donors (Lipinski definition) is 1. The van der Waals surface area contributed by atoms with Gasteiger partial charge >= 0.3 is 0 Å². The summed E-state index contributed by atoms with van der Waals surface area (Å²) in [6.45, 7) is 0. The molecule has 0 spiro atoms. The van der Waals surface area contributed by atoms with Crippen molar-refractivity contribution in [3.63, 3.8) is 0 Å². The molecule has 2 amide bonds. The largest absolute Gasteiger partial charge is 0.497 e. The first kappa shape index (κ1) is 16.8. The molecule has 130 valence electrons. The van der Waals surface area contributed by atoms with Gasteiger partial charge in [-0.15, -0.1) is 0 Å². The van der Waals surface area contributed by atoms with Crippen LogP contribution in [-0.4, -0.2) is 32.1 Å². The van der Waals surface area contributed by atoms with Gasteiger partial charge in [0.2, 0.25) is 5.91 Å². The molecule has 7 heteroatoms. The van der Waals surface area contributed by atoms with Crippen molar-refractivity contribution in [2.24, 2.45) is 0 Å². The molecule has 1 N–H and O–H groups in total. The molecular weight excluding hydrogens is 327 g/mol. The summed E-state index contributed by atoms with van der Waals surface area (Å²) < 4.78 is 24.3. The van der Waals surface area contributed by atoms with Crippen LogP contribution in [-0.2, 0) is 9.59 Å². The van der Waals surface area contributed by atoms with Crippen LogP contribution in [0.15, 0.2) is 42.5 Å². The Morgan fingerprint density at radius 3 is 2.32 bits per heavy atom. The summed E-state index contributed by atoms with van der Waals surface area (Å²) >= 11 is 0. The predicted molar refractivity (Wildman–Crippen MR) is 90.5 cm³/mol. The number of ether oxygens (including phenoxy) is 2. The Bertz CT molecular complexity index is 802. The molecule has 1 atom stereocenters. The summed E-state index contributed by atoms with van der Waals surface area (Å²) in [5.74, 6) is -0.485. The number of nitrogens with zero attached hydrogens (tertiary/aromatic N) is 1. The third-order valence-electron chi connectivity index (χ3n) is 3.93. The van der Waals surface area contributed by atoms with Crippen molar-refractivity contribution in [1.82, 2.24) is 0 Å². The zero-order valence-corrected chi connectivity index (χ0v) is 13.8. The monoisotopic (exact) mass is 344 g/mol. The molecule has 25 heavy (non-hydrogen) atoms. The van der Waals surface area contributed by atoms with Crippen molar-refractivity contribution < 1.29 is 23.5 Å². The lowest BCUT2D eigenvalue weighted by molar-refractivity contribution is -0.121. The molecule has 1 aliphatic heterocycles. The molecule has 1 heterocycles. The van der Waals surface area contributed by atoms with E-state index in [1.807, 2.05) is 0 Å². The standard InChI is InChI=1S/C18H17FN2O4/c1-24-12-7-11(8-13(9-12)25-2)20-15-10-17(22)21(18(15)23)16-6-4-3-5-14(16)19/h3-9,15,20H,10H2,1-2H3/t15-/m1/s1. The summed E-state index contributed by atoms with van der Waals surface area (Å²) in [7, 11) is 3.03. The van der Waals surface area contributed by atoms with E-state index >= 15 is 0 Å². The number of hydrogen-bond acceptors (Lipinski definition) is 5. The van der Waals surface area contributed by atoms with E-state index in [0.717, 1.165) is 4.90 Å². The van der Waals surface area contributed by atoms with Crippen LogP contribution >= 0.6 is 0 Å². The van der Waals surface area contributed by atoms with Crippen LogP contribution in [0.5, 0.6) is 11.5 Å². The molecule has 0 unspecified atom stereocenters. The predicted octanol–water partition coefficient (Wildman–Crippen LogP) is 2.59. The van der Waals surface area contributed by atoms with Gasteiger partial charge in [0.1, 0.15) is 23.4 Å². The van der Waals surface area contributed by atoms with Crippen molar-refractivity contribution in [3.05, 3.63) is 48.3 Å². The highest BCUT2D eigenvalue weighted by atomic mass is 19.1. The van der Waals surface area contributed by atoms with Crippen LogP contribution in [0.25, 0.3) is 0 Å². The van der Waals surface area contributed by atoms with E-state index in [0.29, 0.717) is 17.2 Å². The molecule has 2 aromatic carbocycles. The lowest BCUT2D eigenvalue weighted by Crippen LogP contribution is -2.35. The fourth-order valence-electron chi connectivity index (χ4n) is 2.72. The van der Waals surface area contributed by atoms with Crippen molar-refractivity contribution in [1.29, 1.82) is 0 Å². The first-order valence-electron chi connectivity index (χ1n) is 7.64. The summed E-state index contributed by atoms with van der Waals surface area (Å²) in [6.07, 6.45) is -0.0628. The number of rotatable bonds is 5. The maximum absolute atomic E-state index is 13.9. The van der Waals surface area contributed by atoms with Crippen molar-refractivity contribution in [2.45, 2.75) is 12.5 Å². The summed E-state index contributed by atoms with van der Waals surface area (Å²) in [5.41, 5.74) is 0.530. The summed E-state index contributed by atoms with van der Waals surface area (Å²) in [5, 5.41) is 3.00. The minimum Gasteiger partial charge on any atom is -0.497 e. The summed E-state index contributed by atoms with van der Waals surface area (Å²) in [6, 6.07) is 9.97. The molecular formula is C18H17FN2O4. The first-order valence-corrected chi connectivity index (χ1v) is 7.64. The van der Waals surface area contributed by atoms with Gasteiger partial charge in [-0.2, -0.15) is 0 Å². The van der Waals surface area contributed by atoms with Gasteiger partial charge in [-0.1, -0.05) is 12.1 Å². The van der Waals surface area contributed by atoms with Crippen LogP contribution < -0.4 is 19.7 Å². The number of imide groups is 1. The highest BCUT2D eigenvalue weighted by Gasteiger charge is 2.40. The Morgan fingerprint density at radius 1 is 1.08 bits per heavy atom. The Balaban J connectivity index is 1.85. The molecule has 1 fully saturated rings. The van der Waals surface area contributed by atoms with Crippen LogP contribution in [0.2, 0.25) is 0 Å². The summed E-state index contributed by atoms with van der Waals surface area (Å²) in [4.78, 5) is 25.7. The number of amides is 2. The lowest BCUT2D eigenvalue weighted by Gasteiger charge is -2.17. The van der Waals surface area contributed by atoms with Gasteiger partial charge in [0.05, 0.1) is 26.3 Å². The van der Waals surface area contributed by atoms with E-state index in [-0.39, 0.29) is 12.1 Å². The Kier molecular flexibility index (Phi) is 4.56. The third kappa shape index (κ3) is 3.26. The van der Waals surface area contributed by atoms with E-state index in [2.05, 4.69) is 5.32 Å². The number of benzene rings is 2. The smallest absolute Gasteiger partial charge is 0.256 e. The second-order valence-electron chi connectivity index (χ2n) is 5.52. The van der Waals surface area contributed by atoms with E-state index in [9.17, 15) is 14.0 Å². The second-order valence-corrected chi connectivity index (χ2v) is 5.52. The molecule has 0 radical (unpaired) electrons. The zero-order valence-electron chi connectivity index (χ0n) is 13.8. The lowest BCUT2D eigenvalue weighted by atomic mass is 10.2. The van der Waals surface area contributed by atoms with Crippen LogP contribution in [0, 0.1) is 5.82 Å². The topological polar surface area (TPSA) is 67.9 Å². The van der Waals surface area contributed by atoms with Crippen LogP contribution in [0.1, 0.15) is 6.42 Å². The number of halogens is 1. The van der Waals surface area contributed by atoms with Gasteiger partial charge in [-0.25, -0.2) is 9.29 Å². The number of methoxy groups -OCH3 is 2. The number of anilines is 2. The van der Waals surface area contributed by atoms with E-state index in [4.69, 9.17) is 9.47 Å². The van der Waals surface area contributed by atoms with Gasteiger partial charge in [0, 0.05) is 23.9 Å². The zero-order chi connectivity index (χ0) is 18.0. The average molecular weight is 344 g/mol. The number of carbonyl (C=O) groups is 2. The minimum absolute atomic E-state index is 0.0370. The second kappa shape index (κ2) is 6.80. The van der Waals surface area contributed by atoms with Crippen molar-refractivity contribution >= 4 is 23.2 Å². The molecule has 2 aromatic rings. The maximum Gasteiger partial charge on any atom is 0.256 e. The molecule has 3 rings (SSSR count). The molecule has 1 saturated heterocycles. The number of para-hydroxylation sites is 1. The highest BCUT2D eigenvalue weighted by molar-refractivity contribution is 6.23. The first-order chi connectivity index (χ1) is 12.0. The van der Waals surface area contributed by atoms with Crippen LogP contribution in [0.3, 0.4) is 0 Å². The van der Waals surface area contributed by atoms with Gasteiger partial charge in [-0.3, -0.25) is 9.59 Å². The van der Waals surface area contributed by atoms with Gasteiger partial charge in [0.25, 0.3) is 5.91 Å². The molecule has 0 aliphatic carbocycles.